The molecule has 0 heterocycles. The van der Waals surface area contributed by atoms with Crippen LogP contribution < -0.4 is 0 Å². The van der Waals surface area contributed by atoms with E-state index in [4.69, 9.17) is 0 Å². The lowest BCUT2D eigenvalue weighted by molar-refractivity contribution is 0.405. The van der Waals surface area contributed by atoms with Crippen LogP contribution in [0.4, 0.5) is 0 Å². The molecule has 1 atom stereocenters. The van der Waals surface area contributed by atoms with E-state index in [1.54, 1.807) is 0 Å². The topological polar surface area (TPSA) is 0 Å². The molecule has 7 aromatic carbocycles. The molecule has 2 aliphatic rings. The molecule has 0 bridgehead atoms. The molecule has 242 valence electrons. The van der Waals surface area contributed by atoms with Crippen LogP contribution >= 0.6 is 0 Å². The predicted octanol–water partition coefficient (Wildman–Crippen LogP) is 12.9. The second-order valence-electron chi connectivity index (χ2n) is 14.3. The van der Waals surface area contributed by atoms with Crippen LogP contribution in [0.5, 0.6) is 0 Å². The summed E-state index contributed by atoms with van der Waals surface area (Å²) in [5, 5.41) is 2.55. The SMILES string of the molecule is CCc1ccc2c(c1)C(C(c1ccccc1)(c1ccccc1)C1C(C)=Cc3cc(-c4ccc5ccccc5c4)ccc31)c1cc(CC)ccc1-2. The molecule has 0 spiro atoms. The van der Waals surface area contributed by atoms with Crippen molar-refractivity contribution in [2.75, 3.05) is 0 Å². The summed E-state index contributed by atoms with van der Waals surface area (Å²) >= 11 is 0. The van der Waals surface area contributed by atoms with Gasteiger partial charge < -0.3 is 0 Å². The summed E-state index contributed by atoms with van der Waals surface area (Å²) in [7, 11) is 0. The molecule has 0 fully saturated rings. The van der Waals surface area contributed by atoms with Crippen LogP contribution in [0.3, 0.4) is 0 Å². The number of allylic oxidation sites excluding steroid dienone is 1. The molecule has 0 radical (unpaired) electrons. The molecule has 2 aliphatic carbocycles. The smallest absolute Gasteiger partial charge is 0.0418 e. The third-order valence-electron chi connectivity index (χ3n) is 11.7. The second kappa shape index (κ2) is 12.1. The molecule has 0 saturated carbocycles. The molecule has 1 unspecified atom stereocenters. The minimum Gasteiger partial charge on any atom is -0.0639 e. The van der Waals surface area contributed by atoms with Crippen LogP contribution in [0.25, 0.3) is 39.1 Å². The number of hydrogen-bond acceptors (Lipinski definition) is 0. The quantitative estimate of drug-likeness (QED) is 0.162. The average molecular weight is 643 g/mol. The summed E-state index contributed by atoms with van der Waals surface area (Å²) in [4.78, 5) is 0. The summed E-state index contributed by atoms with van der Waals surface area (Å²) in [6, 6.07) is 60.2. The zero-order chi connectivity index (χ0) is 33.8. The van der Waals surface area contributed by atoms with Gasteiger partial charge in [0.15, 0.2) is 0 Å². The summed E-state index contributed by atoms with van der Waals surface area (Å²) in [5.41, 5.74) is 17.5. The maximum absolute atomic E-state index is 2.53. The van der Waals surface area contributed by atoms with E-state index in [0.717, 1.165) is 12.8 Å². The van der Waals surface area contributed by atoms with Gasteiger partial charge in [0.2, 0.25) is 0 Å². The van der Waals surface area contributed by atoms with Crippen molar-refractivity contribution in [2.45, 2.75) is 50.9 Å². The van der Waals surface area contributed by atoms with Crippen molar-refractivity contribution in [1.29, 1.82) is 0 Å². The monoisotopic (exact) mass is 642 g/mol. The molecule has 7 aromatic rings. The summed E-state index contributed by atoms with van der Waals surface area (Å²) in [6.45, 7) is 6.94. The fourth-order valence-corrected chi connectivity index (χ4v) is 9.41. The molecule has 9 rings (SSSR count). The highest BCUT2D eigenvalue weighted by atomic mass is 14.6. The van der Waals surface area contributed by atoms with Gasteiger partial charge >= 0.3 is 0 Å². The predicted molar refractivity (Wildman–Crippen MR) is 212 cm³/mol. The Morgan fingerprint density at radius 1 is 0.460 bits per heavy atom. The molecule has 0 amide bonds. The van der Waals surface area contributed by atoms with Crippen LogP contribution in [0.1, 0.15) is 77.1 Å². The molecule has 0 aromatic heterocycles. The summed E-state index contributed by atoms with van der Waals surface area (Å²) in [6.07, 6.45) is 4.51. The number of hydrogen-bond donors (Lipinski definition) is 0. The Bertz CT molecular complexity index is 2320. The molecule has 0 aliphatic heterocycles. The fraction of sp³-hybridized carbons (Fsp3) is 0.160. The zero-order valence-electron chi connectivity index (χ0n) is 29.2. The van der Waals surface area contributed by atoms with Gasteiger partial charge in [-0.2, -0.15) is 0 Å². The molecule has 50 heavy (non-hydrogen) atoms. The third-order valence-corrected chi connectivity index (χ3v) is 11.7. The van der Waals surface area contributed by atoms with E-state index >= 15 is 0 Å². The highest BCUT2D eigenvalue weighted by Gasteiger charge is 2.54. The largest absolute Gasteiger partial charge is 0.0639 e. The van der Waals surface area contributed by atoms with Gasteiger partial charge in [-0.1, -0.05) is 171 Å². The normalized spacial score (nSPS) is 15.1. The van der Waals surface area contributed by atoms with Crippen molar-refractivity contribution in [3.05, 3.63) is 208 Å². The summed E-state index contributed by atoms with van der Waals surface area (Å²) in [5.74, 6) is 0.252. The number of rotatable bonds is 7. The minimum absolute atomic E-state index is 0.120. The third kappa shape index (κ3) is 4.66. The molecule has 0 saturated heterocycles. The van der Waals surface area contributed by atoms with Gasteiger partial charge in [-0.15, -0.1) is 0 Å². The Kier molecular flexibility index (Phi) is 7.43. The standard InChI is InChI=1S/C50H42/c1-4-34-20-25-44-45-26-21-35(5-2)30-47(45)49(46(44)29-34)50(41-16-8-6-9-17-41,42-18-10-7-11-19-42)48-33(3)28-40-32-39(24-27-43(40)48)38-23-22-36-14-12-13-15-37(36)31-38/h6-32,48-49H,4-5H2,1-3H3. The van der Waals surface area contributed by atoms with Crippen molar-refractivity contribution >= 4 is 16.8 Å². The molecular weight excluding hydrogens is 601 g/mol. The van der Waals surface area contributed by atoms with Crippen LogP contribution in [0.2, 0.25) is 0 Å². The van der Waals surface area contributed by atoms with Crippen molar-refractivity contribution in [2.24, 2.45) is 0 Å². The van der Waals surface area contributed by atoms with Crippen LogP contribution in [-0.2, 0) is 18.3 Å². The van der Waals surface area contributed by atoms with Crippen LogP contribution in [0.15, 0.2) is 163 Å². The van der Waals surface area contributed by atoms with E-state index in [1.807, 2.05) is 0 Å². The highest BCUT2D eigenvalue weighted by Crippen LogP contribution is 2.64. The van der Waals surface area contributed by atoms with E-state index in [1.165, 1.54) is 83.1 Å². The second-order valence-corrected chi connectivity index (χ2v) is 14.3. The Balaban J connectivity index is 1.33. The van der Waals surface area contributed by atoms with Gasteiger partial charge in [-0.25, -0.2) is 0 Å². The van der Waals surface area contributed by atoms with Crippen molar-refractivity contribution in [3.8, 4) is 22.3 Å². The van der Waals surface area contributed by atoms with Crippen molar-refractivity contribution in [1.82, 2.24) is 0 Å². The lowest BCUT2D eigenvalue weighted by Gasteiger charge is -2.47. The van der Waals surface area contributed by atoms with Gasteiger partial charge in [-0.3, -0.25) is 0 Å². The van der Waals surface area contributed by atoms with E-state index < -0.39 is 5.41 Å². The first-order chi connectivity index (χ1) is 24.6. The fourth-order valence-electron chi connectivity index (χ4n) is 9.41. The van der Waals surface area contributed by atoms with Crippen molar-refractivity contribution in [3.63, 3.8) is 0 Å². The van der Waals surface area contributed by atoms with E-state index in [2.05, 4.69) is 185 Å². The number of aryl methyl sites for hydroxylation is 2. The average Bonchev–Trinajstić information content (AvgIpc) is 3.69. The molecular formula is C50H42. The Morgan fingerprint density at radius 2 is 1.00 bits per heavy atom. The Hall–Kier alpha value is -5.46. The summed E-state index contributed by atoms with van der Waals surface area (Å²) < 4.78 is 0. The maximum atomic E-state index is 2.53. The first-order valence-corrected chi connectivity index (χ1v) is 18.3. The first-order valence-electron chi connectivity index (χ1n) is 18.3. The van der Waals surface area contributed by atoms with Gasteiger partial charge in [0.1, 0.15) is 0 Å². The maximum Gasteiger partial charge on any atom is 0.0418 e. The van der Waals surface area contributed by atoms with Crippen LogP contribution in [-0.4, -0.2) is 0 Å². The Labute approximate surface area is 296 Å². The van der Waals surface area contributed by atoms with Gasteiger partial charge in [0.25, 0.3) is 0 Å². The molecule has 0 N–H and O–H groups in total. The van der Waals surface area contributed by atoms with Gasteiger partial charge in [-0.05, 0) is 109 Å². The molecule has 0 nitrogen and oxygen atoms in total. The van der Waals surface area contributed by atoms with E-state index in [-0.39, 0.29) is 11.8 Å². The molecule has 0 heteroatoms. The minimum atomic E-state index is -0.405. The lowest BCUT2D eigenvalue weighted by atomic mass is 9.54. The number of benzene rings is 7. The Morgan fingerprint density at radius 3 is 1.60 bits per heavy atom. The first kappa shape index (κ1) is 30.6. The number of fused-ring (bicyclic) bond motifs is 5. The highest BCUT2D eigenvalue weighted by molar-refractivity contribution is 5.88. The lowest BCUT2D eigenvalue weighted by Crippen LogP contribution is -2.41. The van der Waals surface area contributed by atoms with Gasteiger partial charge in [0.05, 0.1) is 0 Å². The van der Waals surface area contributed by atoms with E-state index in [0.29, 0.717) is 0 Å². The zero-order valence-corrected chi connectivity index (χ0v) is 29.2. The van der Waals surface area contributed by atoms with Gasteiger partial charge in [0, 0.05) is 17.3 Å². The van der Waals surface area contributed by atoms with Crippen LogP contribution in [0, 0.1) is 0 Å². The van der Waals surface area contributed by atoms with Crippen molar-refractivity contribution < 1.29 is 0 Å². The van der Waals surface area contributed by atoms with E-state index in [9.17, 15) is 0 Å².